The monoisotopic (exact) mass is 304 g/mol. The Hall–Kier alpha value is -1.88. The van der Waals surface area contributed by atoms with Crippen molar-refractivity contribution < 1.29 is 14.3 Å². The van der Waals surface area contributed by atoms with E-state index in [-0.39, 0.29) is 5.91 Å². The van der Waals surface area contributed by atoms with Crippen LogP contribution in [0.25, 0.3) is 0 Å². The van der Waals surface area contributed by atoms with E-state index in [0.717, 1.165) is 31.5 Å². The molecule has 1 fully saturated rings. The Morgan fingerprint density at radius 1 is 1.36 bits per heavy atom. The van der Waals surface area contributed by atoms with Crippen molar-refractivity contribution in [3.05, 3.63) is 35.9 Å². The summed E-state index contributed by atoms with van der Waals surface area (Å²) < 4.78 is 4.80. The number of carbonyl (C=O) groups excluding carboxylic acids is 2. The van der Waals surface area contributed by atoms with E-state index in [2.05, 4.69) is 10.6 Å². The summed E-state index contributed by atoms with van der Waals surface area (Å²) in [6.07, 6.45) is 2.88. The van der Waals surface area contributed by atoms with Crippen molar-refractivity contribution >= 4 is 11.9 Å². The van der Waals surface area contributed by atoms with Crippen molar-refractivity contribution in [3.63, 3.8) is 0 Å². The molecule has 5 heteroatoms. The number of hydrogen-bond acceptors (Lipinski definition) is 4. The number of rotatable bonds is 7. The third kappa shape index (κ3) is 5.15. The molecule has 1 saturated heterocycles. The highest BCUT2D eigenvalue weighted by Crippen LogP contribution is 2.14. The molecule has 5 nitrogen and oxygen atoms in total. The molecule has 0 saturated carbocycles. The van der Waals surface area contributed by atoms with Gasteiger partial charge in [-0.3, -0.25) is 4.79 Å². The van der Waals surface area contributed by atoms with E-state index in [1.54, 1.807) is 0 Å². The minimum Gasteiger partial charge on any atom is -0.467 e. The van der Waals surface area contributed by atoms with Crippen LogP contribution in [0.15, 0.2) is 30.3 Å². The van der Waals surface area contributed by atoms with Gasteiger partial charge in [-0.15, -0.1) is 0 Å². The van der Waals surface area contributed by atoms with Gasteiger partial charge in [0, 0.05) is 12.8 Å². The van der Waals surface area contributed by atoms with Crippen LogP contribution in [0.2, 0.25) is 0 Å². The molecule has 1 aliphatic heterocycles. The topological polar surface area (TPSA) is 67.4 Å². The highest BCUT2D eigenvalue weighted by Gasteiger charge is 2.23. The molecule has 0 aromatic heterocycles. The molecule has 0 spiro atoms. The fourth-order valence-electron chi connectivity index (χ4n) is 2.75. The molecule has 1 aliphatic rings. The average Bonchev–Trinajstić information content (AvgIpc) is 3.06. The summed E-state index contributed by atoms with van der Waals surface area (Å²) in [5.74, 6) is 0.0782. The number of hydrogen-bond donors (Lipinski definition) is 2. The number of nitrogens with one attached hydrogen (secondary N) is 2. The summed E-state index contributed by atoms with van der Waals surface area (Å²) in [6.45, 7) is 2.02. The van der Waals surface area contributed by atoms with Crippen molar-refractivity contribution in [2.45, 2.75) is 31.7 Å². The Bertz CT molecular complexity index is 484. The van der Waals surface area contributed by atoms with Crippen molar-refractivity contribution in [1.29, 1.82) is 0 Å². The van der Waals surface area contributed by atoms with Crippen LogP contribution in [0, 0.1) is 5.92 Å². The smallest absolute Gasteiger partial charge is 0.328 e. The molecule has 22 heavy (non-hydrogen) atoms. The lowest BCUT2D eigenvalue weighted by Crippen LogP contribution is -2.43. The van der Waals surface area contributed by atoms with Crippen molar-refractivity contribution in [2.75, 3.05) is 20.2 Å². The molecule has 2 atom stereocenters. The zero-order valence-electron chi connectivity index (χ0n) is 13.0. The standard InChI is InChI=1S/C17H24N2O3/c1-22-17(21)15(11-13-5-3-2-4-6-13)19-16(20)8-7-14-9-10-18-12-14/h2-6,14-15,18H,7-12H2,1H3,(H,19,20). The van der Waals surface area contributed by atoms with E-state index < -0.39 is 12.0 Å². The maximum atomic E-state index is 12.1. The largest absolute Gasteiger partial charge is 0.467 e. The second kappa shape index (κ2) is 8.54. The van der Waals surface area contributed by atoms with Gasteiger partial charge in [0.05, 0.1) is 7.11 Å². The van der Waals surface area contributed by atoms with Crippen LogP contribution < -0.4 is 10.6 Å². The summed E-state index contributed by atoms with van der Waals surface area (Å²) in [7, 11) is 1.34. The number of methoxy groups -OCH3 is 1. The summed E-state index contributed by atoms with van der Waals surface area (Å²) in [5, 5.41) is 6.10. The van der Waals surface area contributed by atoms with Gasteiger partial charge in [0.2, 0.25) is 5.91 Å². The van der Waals surface area contributed by atoms with Crippen molar-refractivity contribution in [1.82, 2.24) is 10.6 Å². The number of carbonyl (C=O) groups is 2. The molecule has 1 aromatic carbocycles. The van der Waals surface area contributed by atoms with Gasteiger partial charge in [-0.05, 0) is 37.4 Å². The Morgan fingerprint density at radius 3 is 2.77 bits per heavy atom. The molecular weight excluding hydrogens is 280 g/mol. The molecule has 2 N–H and O–H groups in total. The zero-order chi connectivity index (χ0) is 15.8. The van der Waals surface area contributed by atoms with Gasteiger partial charge < -0.3 is 15.4 Å². The Kier molecular flexibility index (Phi) is 6.40. The molecule has 0 bridgehead atoms. The number of esters is 1. The number of benzene rings is 1. The SMILES string of the molecule is COC(=O)C(Cc1ccccc1)NC(=O)CCC1CCNC1. The number of amides is 1. The van der Waals surface area contributed by atoms with Crippen molar-refractivity contribution in [2.24, 2.45) is 5.92 Å². The Morgan fingerprint density at radius 2 is 2.14 bits per heavy atom. The van der Waals surface area contributed by atoms with Crippen LogP contribution in [-0.4, -0.2) is 38.1 Å². The zero-order valence-corrected chi connectivity index (χ0v) is 13.0. The van der Waals surface area contributed by atoms with Crippen molar-refractivity contribution in [3.8, 4) is 0 Å². The molecule has 0 aliphatic carbocycles. The predicted octanol–water partition coefficient (Wildman–Crippen LogP) is 1.28. The normalized spacial score (nSPS) is 18.7. The van der Waals surface area contributed by atoms with Crippen LogP contribution in [0.5, 0.6) is 0 Å². The van der Waals surface area contributed by atoms with E-state index >= 15 is 0 Å². The van der Waals surface area contributed by atoms with E-state index in [0.29, 0.717) is 18.8 Å². The van der Waals surface area contributed by atoms with Gasteiger partial charge in [-0.2, -0.15) is 0 Å². The molecular formula is C17H24N2O3. The second-order valence-corrected chi connectivity index (χ2v) is 5.73. The third-order valence-corrected chi connectivity index (χ3v) is 4.05. The molecule has 2 rings (SSSR count). The quantitative estimate of drug-likeness (QED) is 0.745. The second-order valence-electron chi connectivity index (χ2n) is 5.73. The van der Waals surface area contributed by atoms with Gasteiger partial charge in [-0.25, -0.2) is 4.79 Å². The maximum Gasteiger partial charge on any atom is 0.328 e. The molecule has 0 radical (unpaired) electrons. The summed E-state index contributed by atoms with van der Waals surface area (Å²) in [6, 6.07) is 9.00. The third-order valence-electron chi connectivity index (χ3n) is 4.05. The average molecular weight is 304 g/mol. The highest BCUT2D eigenvalue weighted by molar-refractivity contribution is 5.84. The van der Waals surface area contributed by atoms with Crippen LogP contribution in [0.4, 0.5) is 0 Å². The molecule has 120 valence electrons. The highest BCUT2D eigenvalue weighted by atomic mass is 16.5. The minimum atomic E-state index is -0.624. The summed E-state index contributed by atoms with van der Waals surface area (Å²) in [5.41, 5.74) is 0.998. The van der Waals surface area contributed by atoms with E-state index in [4.69, 9.17) is 4.74 Å². The van der Waals surface area contributed by atoms with Gasteiger partial charge in [0.25, 0.3) is 0 Å². The lowest BCUT2D eigenvalue weighted by molar-refractivity contribution is -0.145. The molecule has 1 heterocycles. The van der Waals surface area contributed by atoms with Gasteiger partial charge in [0.15, 0.2) is 0 Å². The van der Waals surface area contributed by atoms with E-state index in [1.165, 1.54) is 7.11 Å². The van der Waals surface area contributed by atoms with Crippen LogP contribution in [-0.2, 0) is 20.7 Å². The molecule has 1 amide bonds. The fourth-order valence-corrected chi connectivity index (χ4v) is 2.75. The van der Waals surface area contributed by atoms with Crippen LogP contribution in [0.1, 0.15) is 24.8 Å². The van der Waals surface area contributed by atoms with E-state index in [1.807, 2.05) is 30.3 Å². The first kappa shape index (κ1) is 16.5. The lowest BCUT2D eigenvalue weighted by Gasteiger charge is -2.17. The van der Waals surface area contributed by atoms with Gasteiger partial charge in [0.1, 0.15) is 6.04 Å². The first-order valence-electron chi connectivity index (χ1n) is 7.81. The van der Waals surface area contributed by atoms with Crippen LogP contribution in [0.3, 0.4) is 0 Å². The first-order valence-corrected chi connectivity index (χ1v) is 7.81. The predicted molar refractivity (Wildman–Crippen MR) is 84.3 cm³/mol. The first-order chi connectivity index (χ1) is 10.7. The van der Waals surface area contributed by atoms with Gasteiger partial charge >= 0.3 is 5.97 Å². The van der Waals surface area contributed by atoms with Gasteiger partial charge in [-0.1, -0.05) is 30.3 Å². The molecule has 2 unspecified atom stereocenters. The summed E-state index contributed by atoms with van der Waals surface area (Å²) >= 11 is 0. The van der Waals surface area contributed by atoms with Crippen LogP contribution >= 0.6 is 0 Å². The molecule has 1 aromatic rings. The lowest BCUT2D eigenvalue weighted by atomic mass is 10.0. The fraction of sp³-hybridized carbons (Fsp3) is 0.529. The van der Waals surface area contributed by atoms with E-state index in [9.17, 15) is 9.59 Å². The Labute approximate surface area is 131 Å². The Balaban J connectivity index is 1.85. The maximum absolute atomic E-state index is 12.1. The number of ether oxygens (including phenoxy) is 1. The summed E-state index contributed by atoms with van der Waals surface area (Å²) in [4.78, 5) is 23.9. The minimum absolute atomic E-state index is 0.0850.